The summed E-state index contributed by atoms with van der Waals surface area (Å²) < 4.78 is 52.1. The minimum Gasteiger partial charge on any atom is -0.493 e. The van der Waals surface area contributed by atoms with E-state index in [1.807, 2.05) is 6.92 Å². The van der Waals surface area contributed by atoms with Crippen LogP contribution in [0.3, 0.4) is 0 Å². The Morgan fingerprint density at radius 1 is 1.10 bits per heavy atom. The molecule has 1 amide bonds. The van der Waals surface area contributed by atoms with Crippen molar-refractivity contribution in [3.05, 3.63) is 47.8 Å². The normalized spacial score (nSPS) is 11.0. The van der Waals surface area contributed by atoms with E-state index in [2.05, 4.69) is 10.0 Å². The fourth-order valence-corrected chi connectivity index (χ4v) is 3.79. The van der Waals surface area contributed by atoms with Crippen LogP contribution in [0, 0.1) is 5.82 Å². The molecule has 2 rings (SSSR count). The molecule has 0 aliphatic carbocycles. The van der Waals surface area contributed by atoms with Gasteiger partial charge >= 0.3 is 0 Å². The van der Waals surface area contributed by atoms with Crippen LogP contribution in [0.25, 0.3) is 0 Å². The lowest BCUT2D eigenvalue weighted by atomic mass is 10.1. The number of ether oxygens (including phenoxy) is 2. The number of methoxy groups -OCH3 is 2. The topological polar surface area (TPSA) is 93.7 Å². The number of unbranched alkanes of at least 4 members (excludes halogenated alkanes) is 2. The van der Waals surface area contributed by atoms with E-state index in [0.717, 1.165) is 25.3 Å². The molecule has 2 N–H and O–H groups in total. The van der Waals surface area contributed by atoms with Crippen molar-refractivity contribution in [2.24, 2.45) is 0 Å². The van der Waals surface area contributed by atoms with Crippen molar-refractivity contribution in [2.45, 2.75) is 31.1 Å². The zero-order valence-electron chi connectivity index (χ0n) is 16.6. The highest BCUT2D eigenvalue weighted by molar-refractivity contribution is 7.92. The average molecular weight is 424 g/mol. The summed E-state index contributed by atoms with van der Waals surface area (Å²) in [6.45, 7) is 2.50. The zero-order chi connectivity index (χ0) is 21.4. The summed E-state index contributed by atoms with van der Waals surface area (Å²) in [5.74, 6) is -1.02. The zero-order valence-corrected chi connectivity index (χ0v) is 17.4. The molecule has 0 unspecified atom stereocenters. The van der Waals surface area contributed by atoms with E-state index in [0.29, 0.717) is 6.54 Å². The highest BCUT2D eigenvalue weighted by Crippen LogP contribution is 2.35. The van der Waals surface area contributed by atoms with Gasteiger partial charge in [0.05, 0.1) is 30.4 Å². The number of halogens is 1. The molecule has 9 heteroatoms. The standard InChI is InChI=1S/C20H25FN2O5S/c1-4-5-8-11-22-20(24)15-12-14(13-18(27-2)19(15)28-3)29(25,26)23-17-10-7-6-9-16(17)21/h6-7,9-10,12-13,23H,4-5,8,11H2,1-3H3,(H,22,24). The van der Waals surface area contributed by atoms with Crippen molar-refractivity contribution >= 4 is 21.6 Å². The number of hydrogen-bond acceptors (Lipinski definition) is 5. The lowest BCUT2D eigenvalue weighted by molar-refractivity contribution is 0.0949. The van der Waals surface area contributed by atoms with Crippen molar-refractivity contribution in [3.63, 3.8) is 0 Å². The molecular formula is C20H25FN2O5S. The number of carbonyl (C=O) groups is 1. The first-order valence-corrected chi connectivity index (χ1v) is 10.6. The van der Waals surface area contributed by atoms with E-state index in [-0.39, 0.29) is 27.6 Å². The Hall–Kier alpha value is -2.81. The number of nitrogens with one attached hydrogen (secondary N) is 2. The highest BCUT2D eigenvalue weighted by Gasteiger charge is 2.24. The van der Waals surface area contributed by atoms with Crippen molar-refractivity contribution in [2.75, 3.05) is 25.5 Å². The number of hydrogen-bond donors (Lipinski definition) is 2. The highest BCUT2D eigenvalue weighted by atomic mass is 32.2. The Balaban J connectivity index is 2.42. The second kappa shape index (κ2) is 10.1. The van der Waals surface area contributed by atoms with Crippen molar-refractivity contribution in [3.8, 4) is 11.5 Å². The van der Waals surface area contributed by atoms with Gasteiger partial charge in [0.15, 0.2) is 11.5 Å². The van der Waals surface area contributed by atoms with Gasteiger partial charge < -0.3 is 14.8 Å². The number of anilines is 1. The third-order valence-corrected chi connectivity index (χ3v) is 5.54. The molecule has 0 saturated carbocycles. The maximum absolute atomic E-state index is 13.9. The van der Waals surface area contributed by atoms with Gasteiger partial charge in [0.1, 0.15) is 5.82 Å². The molecule has 0 heterocycles. The number of benzene rings is 2. The van der Waals surface area contributed by atoms with E-state index in [1.54, 1.807) is 0 Å². The Morgan fingerprint density at radius 2 is 1.83 bits per heavy atom. The van der Waals surface area contributed by atoms with Crippen molar-refractivity contribution in [1.82, 2.24) is 5.32 Å². The summed E-state index contributed by atoms with van der Waals surface area (Å²) in [4.78, 5) is 12.4. The largest absolute Gasteiger partial charge is 0.493 e. The minimum atomic E-state index is -4.18. The fraction of sp³-hybridized carbons (Fsp3) is 0.350. The molecule has 158 valence electrons. The van der Waals surface area contributed by atoms with Crippen LogP contribution in [0.1, 0.15) is 36.5 Å². The summed E-state index contributed by atoms with van der Waals surface area (Å²) in [6, 6.07) is 7.79. The van der Waals surface area contributed by atoms with E-state index in [1.165, 1.54) is 44.6 Å². The van der Waals surface area contributed by atoms with Gasteiger partial charge in [-0.1, -0.05) is 31.9 Å². The van der Waals surface area contributed by atoms with Crippen LogP contribution in [-0.2, 0) is 10.0 Å². The third-order valence-electron chi connectivity index (χ3n) is 4.19. The molecule has 0 saturated heterocycles. The first-order valence-electron chi connectivity index (χ1n) is 9.15. The predicted molar refractivity (Wildman–Crippen MR) is 109 cm³/mol. The first kappa shape index (κ1) is 22.5. The number of rotatable bonds is 10. The maximum atomic E-state index is 13.9. The van der Waals surface area contributed by atoms with E-state index in [9.17, 15) is 17.6 Å². The quantitative estimate of drug-likeness (QED) is 0.569. The smallest absolute Gasteiger partial charge is 0.262 e. The number of carbonyl (C=O) groups excluding carboxylic acids is 1. The molecular weight excluding hydrogens is 399 g/mol. The molecule has 7 nitrogen and oxygen atoms in total. The van der Waals surface area contributed by atoms with Crippen LogP contribution in [0.4, 0.5) is 10.1 Å². The van der Waals surface area contributed by atoms with Crippen molar-refractivity contribution in [1.29, 1.82) is 0 Å². The number of amides is 1. The SMILES string of the molecule is CCCCCNC(=O)c1cc(S(=O)(=O)Nc2ccccc2F)cc(OC)c1OC. The predicted octanol–water partition coefficient (Wildman–Crippen LogP) is 3.56. The van der Waals surface area contributed by atoms with Gasteiger partial charge in [-0.05, 0) is 24.6 Å². The lowest BCUT2D eigenvalue weighted by Crippen LogP contribution is -2.25. The van der Waals surface area contributed by atoms with Crippen LogP contribution in [0.15, 0.2) is 41.3 Å². The Morgan fingerprint density at radius 3 is 2.45 bits per heavy atom. The maximum Gasteiger partial charge on any atom is 0.262 e. The second-order valence-corrected chi connectivity index (χ2v) is 7.94. The molecule has 0 aromatic heterocycles. The number of sulfonamides is 1. The molecule has 0 spiro atoms. The summed E-state index contributed by atoms with van der Waals surface area (Å²) in [6.07, 6.45) is 2.76. The lowest BCUT2D eigenvalue weighted by Gasteiger charge is -2.16. The first-order chi connectivity index (χ1) is 13.8. The second-order valence-electron chi connectivity index (χ2n) is 6.25. The summed E-state index contributed by atoms with van der Waals surface area (Å²) in [5.41, 5.74) is -0.190. The Kier molecular flexibility index (Phi) is 7.83. The summed E-state index contributed by atoms with van der Waals surface area (Å²) in [7, 11) is -1.49. The van der Waals surface area contributed by atoms with Gasteiger partial charge in [0.25, 0.3) is 15.9 Å². The molecule has 2 aromatic rings. The van der Waals surface area contributed by atoms with Crippen LogP contribution in [-0.4, -0.2) is 35.1 Å². The fourth-order valence-electron chi connectivity index (χ4n) is 2.68. The summed E-state index contributed by atoms with van der Waals surface area (Å²) in [5, 5.41) is 2.75. The van der Waals surface area contributed by atoms with Crippen LogP contribution in [0.5, 0.6) is 11.5 Å². The molecule has 0 aliphatic heterocycles. The van der Waals surface area contributed by atoms with Crippen LogP contribution < -0.4 is 19.5 Å². The van der Waals surface area contributed by atoms with E-state index < -0.39 is 21.7 Å². The molecule has 2 aromatic carbocycles. The van der Waals surface area contributed by atoms with E-state index >= 15 is 0 Å². The van der Waals surface area contributed by atoms with Gasteiger partial charge in [-0.2, -0.15) is 0 Å². The van der Waals surface area contributed by atoms with Gasteiger partial charge in [0.2, 0.25) is 0 Å². The molecule has 0 atom stereocenters. The number of para-hydroxylation sites is 1. The van der Waals surface area contributed by atoms with Crippen LogP contribution >= 0.6 is 0 Å². The van der Waals surface area contributed by atoms with Gasteiger partial charge in [-0.25, -0.2) is 12.8 Å². The van der Waals surface area contributed by atoms with Gasteiger partial charge in [0, 0.05) is 12.6 Å². The molecule has 0 bridgehead atoms. The summed E-state index contributed by atoms with van der Waals surface area (Å²) >= 11 is 0. The molecule has 0 fully saturated rings. The minimum absolute atomic E-state index is 0.0113. The monoisotopic (exact) mass is 424 g/mol. The van der Waals surface area contributed by atoms with Crippen LogP contribution in [0.2, 0.25) is 0 Å². The van der Waals surface area contributed by atoms with Crippen molar-refractivity contribution < 1.29 is 27.1 Å². The Labute approximate surface area is 170 Å². The van der Waals surface area contributed by atoms with Gasteiger partial charge in [-0.15, -0.1) is 0 Å². The molecule has 0 radical (unpaired) electrons. The Bertz CT molecular complexity index is 963. The average Bonchev–Trinajstić information content (AvgIpc) is 2.71. The third kappa shape index (κ3) is 5.60. The molecule has 0 aliphatic rings. The van der Waals surface area contributed by atoms with Gasteiger partial charge in [-0.3, -0.25) is 9.52 Å². The van der Waals surface area contributed by atoms with E-state index in [4.69, 9.17) is 9.47 Å². The molecule has 29 heavy (non-hydrogen) atoms.